The number of aryl methyl sites for hydroxylation is 2. The van der Waals surface area contributed by atoms with Crippen molar-refractivity contribution in [3.8, 4) is 16.3 Å². The molecule has 0 spiro atoms. The van der Waals surface area contributed by atoms with Gasteiger partial charge in [0.2, 0.25) is 0 Å². The smallest absolute Gasteiger partial charge is 0.150 e. The molecule has 1 fully saturated rings. The zero-order valence-electron chi connectivity index (χ0n) is 20.0. The van der Waals surface area contributed by atoms with Crippen LogP contribution in [0.5, 0.6) is 5.75 Å². The molecule has 1 aliphatic heterocycles. The molecule has 5 nitrogen and oxygen atoms in total. The summed E-state index contributed by atoms with van der Waals surface area (Å²) in [7, 11) is 0. The van der Waals surface area contributed by atoms with Crippen molar-refractivity contribution in [2.45, 2.75) is 26.5 Å². The van der Waals surface area contributed by atoms with Gasteiger partial charge in [0, 0.05) is 43.5 Å². The number of ether oxygens (including phenoxy) is 1. The number of piperazine rings is 1. The molecule has 1 aliphatic rings. The van der Waals surface area contributed by atoms with Crippen molar-refractivity contribution < 1.29 is 9.84 Å². The zero-order valence-corrected chi connectivity index (χ0v) is 20.8. The van der Waals surface area contributed by atoms with Crippen LogP contribution < -0.4 is 9.64 Å². The van der Waals surface area contributed by atoms with Crippen LogP contribution in [-0.2, 0) is 0 Å². The first-order valence-electron chi connectivity index (χ1n) is 11.8. The second-order valence-electron chi connectivity index (χ2n) is 9.23. The van der Waals surface area contributed by atoms with Gasteiger partial charge in [-0.25, -0.2) is 4.98 Å². The van der Waals surface area contributed by atoms with Crippen LogP contribution in [0.4, 0.5) is 5.69 Å². The number of fused-ring (bicyclic) bond motifs is 1. The largest absolute Gasteiger partial charge is 0.489 e. The first-order chi connectivity index (χ1) is 16.4. The summed E-state index contributed by atoms with van der Waals surface area (Å²) in [4.78, 5) is 9.34. The van der Waals surface area contributed by atoms with Gasteiger partial charge in [-0.2, -0.15) is 0 Å². The lowest BCUT2D eigenvalue weighted by Crippen LogP contribution is -2.58. The molecule has 0 saturated carbocycles. The molecule has 1 N–H and O–H groups in total. The van der Waals surface area contributed by atoms with Crippen molar-refractivity contribution >= 4 is 27.2 Å². The van der Waals surface area contributed by atoms with Crippen molar-refractivity contribution in [3.05, 3.63) is 77.9 Å². The summed E-state index contributed by atoms with van der Waals surface area (Å²) >= 11 is 1.68. The minimum Gasteiger partial charge on any atom is -0.489 e. The molecule has 2 heterocycles. The second-order valence-corrected chi connectivity index (χ2v) is 10.3. The predicted molar refractivity (Wildman–Crippen MR) is 141 cm³/mol. The van der Waals surface area contributed by atoms with E-state index < -0.39 is 5.72 Å². The topological polar surface area (TPSA) is 48.8 Å². The molecule has 1 unspecified atom stereocenters. The maximum atomic E-state index is 11.2. The highest BCUT2D eigenvalue weighted by Crippen LogP contribution is 2.32. The molecule has 176 valence electrons. The van der Waals surface area contributed by atoms with Crippen LogP contribution in [0.3, 0.4) is 0 Å². The van der Waals surface area contributed by atoms with E-state index in [-0.39, 0.29) is 6.61 Å². The maximum absolute atomic E-state index is 11.2. The lowest BCUT2D eigenvalue weighted by atomic mass is 10.1. The van der Waals surface area contributed by atoms with Gasteiger partial charge in [0.15, 0.2) is 0 Å². The van der Waals surface area contributed by atoms with Crippen LogP contribution in [0, 0.1) is 13.8 Å². The quantitative estimate of drug-likeness (QED) is 0.401. The number of thiazole rings is 1. The van der Waals surface area contributed by atoms with E-state index in [2.05, 4.69) is 54.0 Å². The summed E-state index contributed by atoms with van der Waals surface area (Å²) in [5.41, 5.74) is 4.92. The zero-order chi connectivity index (χ0) is 23.7. The number of aliphatic hydroxyl groups is 1. The average molecular weight is 474 g/mol. The molecule has 1 atom stereocenters. The van der Waals surface area contributed by atoms with E-state index in [9.17, 15) is 5.11 Å². The number of benzene rings is 3. The summed E-state index contributed by atoms with van der Waals surface area (Å²) in [5.74, 6) is 0.729. The van der Waals surface area contributed by atoms with Crippen LogP contribution in [0.2, 0.25) is 0 Å². The lowest BCUT2D eigenvalue weighted by molar-refractivity contribution is -0.120. The molecule has 34 heavy (non-hydrogen) atoms. The van der Waals surface area contributed by atoms with Gasteiger partial charge >= 0.3 is 0 Å². The number of nitrogens with zero attached hydrogens (tertiary/aromatic N) is 3. The van der Waals surface area contributed by atoms with Crippen molar-refractivity contribution in [2.75, 3.05) is 37.7 Å². The molecule has 1 saturated heterocycles. The van der Waals surface area contributed by atoms with Crippen molar-refractivity contribution in [1.29, 1.82) is 0 Å². The molecule has 4 aromatic rings. The molecule has 0 radical (unpaired) electrons. The van der Waals surface area contributed by atoms with E-state index in [1.807, 2.05) is 43.3 Å². The van der Waals surface area contributed by atoms with Gasteiger partial charge in [-0.05, 0) is 44.0 Å². The van der Waals surface area contributed by atoms with Crippen molar-refractivity contribution in [2.24, 2.45) is 0 Å². The lowest BCUT2D eigenvalue weighted by Gasteiger charge is -2.43. The molecule has 0 aliphatic carbocycles. The van der Waals surface area contributed by atoms with Crippen LogP contribution in [0.25, 0.3) is 20.8 Å². The van der Waals surface area contributed by atoms with Crippen molar-refractivity contribution in [1.82, 2.24) is 9.88 Å². The van der Waals surface area contributed by atoms with Gasteiger partial charge < -0.3 is 14.7 Å². The number of hydrogen-bond acceptors (Lipinski definition) is 6. The van der Waals surface area contributed by atoms with Gasteiger partial charge in [-0.1, -0.05) is 48.5 Å². The van der Waals surface area contributed by atoms with Crippen LogP contribution in [0.15, 0.2) is 66.7 Å². The Kier molecular flexibility index (Phi) is 6.30. The normalized spacial score (nSPS) is 16.5. The Balaban J connectivity index is 1.22. The molecule has 1 aromatic heterocycles. The highest BCUT2D eigenvalue weighted by Gasteiger charge is 2.33. The molecule has 3 aromatic carbocycles. The van der Waals surface area contributed by atoms with E-state index in [1.165, 1.54) is 16.8 Å². The number of rotatable bonds is 6. The van der Waals surface area contributed by atoms with Crippen molar-refractivity contribution in [3.63, 3.8) is 0 Å². The summed E-state index contributed by atoms with van der Waals surface area (Å²) in [6.07, 6.45) is 0. The monoisotopic (exact) mass is 473 g/mol. The third-order valence-corrected chi connectivity index (χ3v) is 7.69. The Morgan fingerprint density at radius 1 is 0.941 bits per heavy atom. The number of hydrogen-bond donors (Lipinski definition) is 1. The van der Waals surface area contributed by atoms with Gasteiger partial charge in [0.1, 0.15) is 23.1 Å². The molecule has 6 heteroatoms. The van der Waals surface area contributed by atoms with Crippen LogP contribution in [0.1, 0.15) is 18.1 Å². The fraction of sp³-hybridized carbons (Fsp3) is 0.321. The summed E-state index contributed by atoms with van der Waals surface area (Å²) in [5, 5.41) is 12.2. The van der Waals surface area contributed by atoms with Crippen LogP contribution >= 0.6 is 11.3 Å². The Labute approximate surface area is 205 Å². The average Bonchev–Trinajstić information content (AvgIpc) is 3.27. The Morgan fingerprint density at radius 2 is 1.65 bits per heavy atom. The second kappa shape index (κ2) is 9.37. The van der Waals surface area contributed by atoms with E-state index in [0.717, 1.165) is 52.7 Å². The van der Waals surface area contributed by atoms with E-state index in [4.69, 9.17) is 9.72 Å². The molecular formula is C28H31N3O2S. The standard InChI is InChI=1S/C28H31N3O2S/c1-20-8-7-9-21(2)26(20)30-14-16-31(17-15-30)28(3,32)19-33-23-12-13-25-24(18-23)29-27(34-25)22-10-5-4-6-11-22/h4-13,18,32H,14-17,19H2,1-3H3. The fourth-order valence-corrected chi connectivity index (χ4v) is 5.68. The molecular weight excluding hydrogens is 442 g/mol. The van der Waals surface area contributed by atoms with Gasteiger partial charge in [0.25, 0.3) is 0 Å². The number of aromatic nitrogens is 1. The van der Waals surface area contributed by atoms with E-state index >= 15 is 0 Å². The summed E-state index contributed by atoms with van der Waals surface area (Å²) < 4.78 is 7.18. The summed E-state index contributed by atoms with van der Waals surface area (Å²) in [6.45, 7) is 9.73. The minimum atomic E-state index is -1.04. The molecule has 0 bridgehead atoms. The third kappa shape index (κ3) is 4.67. The number of para-hydroxylation sites is 1. The van der Waals surface area contributed by atoms with Gasteiger partial charge in [0.05, 0.1) is 10.2 Å². The minimum absolute atomic E-state index is 0.206. The first kappa shape index (κ1) is 22.8. The third-order valence-electron chi connectivity index (χ3n) is 6.61. The van der Waals surface area contributed by atoms with E-state index in [0.29, 0.717) is 0 Å². The van der Waals surface area contributed by atoms with E-state index in [1.54, 1.807) is 11.3 Å². The Bertz CT molecular complexity index is 1260. The number of anilines is 1. The van der Waals surface area contributed by atoms with Gasteiger partial charge in [-0.15, -0.1) is 11.3 Å². The van der Waals surface area contributed by atoms with Gasteiger partial charge in [-0.3, -0.25) is 4.90 Å². The first-order valence-corrected chi connectivity index (χ1v) is 12.6. The molecule has 0 amide bonds. The van der Waals surface area contributed by atoms with Crippen LogP contribution in [-0.4, -0.2) is 53.5 Å². The highest BCUT2D eigenvalue weighted by molar-refractivity contribution is 7.21. The maximum Gasteiger partial charge on any atom is 0.150 e. The Hall–Kier alpha value is -2.93. The Morgan fingerprint density at radius 3 is 2.35 bits per heavy atom. The summed E-state index contributed by atoms with van der Waals surface area (Å²) in [6, 6.07) is 22.6. The molecule has 5 rings (SSSR count). The highest BCUT2D eigenvalue weighted by atomic mass is 32.1. The SMILES string of the molecule is Cc1cccc(C)c1N1CCN(C(C)(O)COc2ccc3sc(-c4ccccc4)nc3c2)CC1. The fourth-order valence-electron chi connectivity index (χ4n) is 4.73. The predicted octanol–water partition coefficient (Wildman–Crippen LogP) is 5.49.